The van der Waals surface area contributed by atoms with Crippen molar-refractivity contribution in [3.05, 3.63) is 24.4 Å². The number of anilines is 2. The third kappa shape index (κ3) is 3.51. The minimum atomic E-state index is -2.76. The lowest BCUT2D eigenvalue weighted by atomic mass is 10.1. The van der Waals surface area contributed by atoms with E-state index in [1.54, 1.807) is 35.9 Å². The molecule has 3 N–H and O–H groups in total. The molecule has 3 heterocycles. The zero-order chi connectivity index (χ0) is 21.6. The van der Waals surface area contributed by atoms with Crippen LogP contribution >= 0.6 is 0 Å². The first kappa shape index (κ1) is 19.9. The number of hydrogen-bond acceptors (Lipinski definition) is 6. The number of imidazole rings is 1. The van der Waals surface area contributed by atoms with E-state index in [4.69, 9.17) is 15.2 Å². The van der Waals surface area contributed by atoms with Crippen LogP contribution in [0.15, 0.2) is 24.4 Å². The maximum absolute atomic E-state index is 13.3. The van der Waals surface area contributed by atoms with Gasteiger partial charge in [0.05, 0.1) is 12.1 Å². The van der Waals surface area contributed by atoms with E-state index in [1.165, 1.54) is 0 Å². The van der Waals surface area contributed by atoms with Crippen molar-refractivity contribution in [2.24, 2.45) is 5.73 Å². The van der Waals surface area contributed by atoms with Crippen LogP contribution in [0.25, 0.3) is 11.4 Å². The van der Waals surface area contributed by atoms with Crippen LogP contribution in [0.4, 0.5) is 25.1 Å². The van der Waals surface area contributed by atoms with Gasteiger partial charge in [-0.25, -0.2) is 23.5 Å². The Morgan fingerprint density at radius 2 is 2.17 bits per heavy atom. The molecule has 0 saturated carbocycles. The first-order chi connectivity index (χ1) is 14.2. The summed E-state index contributed by atoms with van der Waals surface area (Å²) in [7, 11) is 0. The monoisotopic (exact) mass is 421 g/mol. The van der Waals surface area contributed by atoms with E-state index in [1.807, 2.05) is 6.92 Å². The van der Waals surface area contributed by atoms with Crippen molar-refractivity contribution in [1.82, 2.24) is 9.55 Å². The van der Waals surface area contributed by atoms with E-state index in [2.05, 4.69) is 10.3 Å². The highest BCUT2D eigenvalue weighted by molar-refractivity contribution is 5.90. The van der Waals surface area contributed by atoms with Crippen LogP contribution in [0.2, 0.25) is 0 Å². The van der Waals surface area contributed by atoms with E-state index in [-0.39, 0.29) is 18.5 Å². The van der Waals surface area contributed by atoms with Gasteiger partial charge in [0.1, 0.15) is 36.4 Å². The van der Waals surface area contributed by atoms with Gasteiger partial charge in [-0.2, -0.15) is 0 Å². The van der Waals surface area contributed by atoms with Gasteiger partial charge in [0.2, 0.25) is 5.91 Å². The molecule has 1 fully saturated rings. The van der Waals surface area contributed by atoms with Gasteiger partial charge in [-0.3, -0.25) is 4.79 Å². The van der Waals surface area contributed by atoms with Crippen molar-refractivity contribution in [3.8, 4) is 17.1 Å². The fourth-order valence-electron chi connectivity index (χ4n) is 3.50. The summed E-state index contributed by atoms with van der Waals surface area (Å²) in [5.41, 5.74) is 6.56. The van der Waals surface area contributed by atoms with E-state index in [0.29, 0.717) is 29.4 Å². The van der Waals surface area contributed by atoms with Crippen LogP contribution in [-0.4, -0.2) is 52.8 Å². The molecule has 0 aliphatic carbocycles. The fraction of sp³-hybridized carbons (Fsp3) is 0.421. The highest BCUT2D eigenvalue weighted by atomic mass is 19.3. The number of hydrogen-bond donors (Lipinski definition) is 2. The zero-order valence-corrected chi connectivity index (χ0v) is 16.3. The van der Waals surface area contributed by atoms with Crippen LogP contribution in [0.3, 0.4) is 0 Å². The number of nitrogens with one attached hydrogen (secondary N) is 1. The second-order valence-corrected chi connectivity index (χ2v) is 7.33. The number of nitrogens with zero attached hydrogens (tertiary/aromatic N) is 3. The SMILES string of the molecule is CC1Cn2cc(N3C(=O)OC[C@H]3C(F)F)nc2-c2ccc(N[C@@H](C)C(N)=O)cc2O1. The van der Waals surface area contributed by atoms with Crippen molar-refractivity contribution in [2.75, 3.05) is 16.8 Å². The molecule has 4 rings (SSSR count). The molecule has 2 aliphatic heterocycles. The summed E-state index contributed by atoms with van der Waals surface area (Å²) in [5.74, 6) is 0.592. The van der Waals surface area contributed by atoms with Gasteiger partial charge >= 0.3 is 6.09 Å². The Morgan fingerprint density at radius 1 is 1.40 bits per heavy atom. The molecule has 1 unspecified atom stereocenters. The number of alkyl halides is 2. The van der Waals surface area contributed by atoms with Crippen molar-refractivity contribution in [3.63, 3.8) is 0 Å². The first-order valence-electron chi connectivity index (χ1n) is 9.43. The van der Waals surface area contributed by atoms with Crippen LogP contribution in [0.1, 0.15) is 13.8 Å². The molecule has 0 bridgehead atoms. The molecule has 2 amide bonds. The van der Waals surface area contributed by atoms with Crippen molar-refractivity contribution >= 4 is 23.5 Å². The molecular formula is C19H21F2N5O4. The number of benzene rings is 1. The highest BCUT2D eigenvalue weighted by Gasteiger charge is 2.42. The maximum atomic E-state index is 13.3. The molecule has 1 aromatic heterocycles. The molecule has 2 aliphatic rings. The number of nitrogens with two attached hydrogens (primary N) is 1. The van der Waals surface area contributed by atoms with Gasteiger partial charge in [-0.05, 0) is 26.0 Å². The molecule has 2 aromatic rings. The Morgan fingerprint density at radius 3 is 2.87 bits per heavy atom. The Bertz CT molecular complexity index is 995. The molecular weight excluding hydrogens is 400 g/mol. The second-order valence-electron chi connectivity index (χ2n) is 7.33. The minimum Gasteiger partial charge on any atom is -0.488 e. The second kappa shape index (κ2) is 7.47. The topological polar surface area (TPSA) is 112 Å². The normalized spacial score (nSPS) is 21.4. The predicted molar refractivity (Wildman–Crippen MR) is 104 cm³/mol. The van der Waals surface area contributed by atoms with Crippen LogP contribution < -0.4 is 20.7 Å². The van der Waals surface area contributed by atoms with Crippen LogP contribution in [0, 0.1) is 0 Å². The van der Waals surface area contributed by atoms with Gasteiger partial charge in [0, 0.05) is 18.0 Å². The van der Waals surface area contributed by atoms with E-state index in [0.717, 1.165) is 4.90 Å². The van der Waals surface area contributed by atoms with Crippen molar-refractivity contribution in [2.45, 2.75) is 45.0 Å². The summed E-state index contributed by atoms with van der Waals surface area (Å²) >= 11 is 0. The molecule has 1 saturated heterocycles. The molecule has 11 heteroatoms. The Kier molecular flexibility index (Phi) is 4.96. The Balaban J connectivity index is 1.72. The molecule has 0 radical (unpaired) electrons. The summed E-state index contributed by atoms with van der Waals surface area (Å²) in [6.45, 7) is 3.52. The van der Waals surface area contributed by atoms with Gasteiger partial charge in [0.15, 0.2) is 5.82 Å². The summed E-state index contributed by atoms with van der Waals surface area (Å²) < 4.78 is 39.2. The number of carbonyl (C=O) groups excluding carboxylic acids is 2. The van der Waals surface area contributed by atoms with Crippen molar-refractivity contribution in [1.29, 1.82) is 0 Å². The lowest BCUT2D eigenvalue weighted by Crippen LogP contribution is -2.38. The standard InChI is InChI=1S/C19H21F2N5O4/c1-9-6-25-7-15(26-13(16(20)21)8-29-19(26)28)24-18(25)12-4-3-11(5-14(12)30-9)23-10(2)17(22)27/h3-5,7,9-10,13,16,23H,6,8H2,1-2H3,(H2,22,27)/t9?,10-,13-/m0/s1. The number of amides is 2. The Labute approximate surface area is 170 Å². The number of ether oxygens (including phenoxy) is 2. The fourth-order valence-corrected chi connectivity index (χ4v) is 3.50. The zero-order valence-electron chi connectivity index (χ0n) is 16.3. The summed E-state index contributed by atoms with van der Waals surface area (Å²) in [6, 6.07) is 3.25. The average molecular weight is 421 g/mol. The smallest absolute Gasteiger partial charge is 0.416 e. The number of carbonyl (C=O) groups is 2. The quantitative estimate of drug-likeness (QED) is 0.766. The molecule has 160 valence electrons. The number of cyclic esters (lactones) is 1. The number of primary amides is 1. The lowest BCUT2D eigenvalue weighted by Gasteiger charge is -2.18. The van der Waals surface area contributed by atoms with Gasteiger partial charge < -0.3 is 25.1 Å². The van der Waals surface area contributed by atoms with E-state index >= 15 is 0 Å². The molecule has 9 nitrogen and oxygen atoms in total. The lowest BCUT2D eigenvalue weighted by molar-refractivity contribution is -0.118. The number of rotatable bonds is 5. The largest absolute Gasteiger partial charge is 0.488 e. The number of fused-ring (bicyclic) bond motifs is 3. The van der Waals surface area contributed by atoms with Crippen molar-refractivity contribution < 1.29 is 27.8 Å². The van der Waals surface area contributed by atoms with Gasteiger partial charge in [0.25, 0.3) is 6.43 Å². The third-order valence-corrected chi connectivity index (χ3v) is 5.02. The molecule has 30 heavy (non-hydrogen) atoms. The van der Waals surface area contributed by atoms with Crippen LogP contribution in [-0.2, 0) is 16.1 Å². The number of halogens is 2. The highest BCUT2D eigenvalue weighted by Crippen LogP contribution is 2.38. The first-order valence-corrected chi connectivity index (χ1v) is 9.43. The van der Waals surface area contributed by atoms with Gasteiger partial charge in [-0.1, -0.05) is 0 Å². The Hall–Kier alpha value is -3.37. The molecule has 0 spiro atoms. The number of aromatic nitrogens is 2. The average Bonchev–Trinajstić information content (AvgIpc) is 3.22. The van der Waals surface area contributed by atoms with Crippen LogP contribution in [0.5, 0.6) is 5.75 Å². The summed E-state index contributed by atoms with van der Waals surface area (Å²) in [6.07, 6.45) is -2.31. The predicted octanol–water partition coefficient (Wildman–Crippen LogP) is 2.21. The third-order valence-electron chi connectivity index (χ3n) is 5.02. The van der Waals surface area contributed by atoms with Gasteiger partial charge in [-0.15, -0.1) is 0 Å². The van der Waals surface area contributed by atoms with E-state index < -0.39 is 30.5 Å². The summed E-state index contributed by atoms with van der Waals surface area (Å²) in [4.78, 5) is 28.7. The summed E-state index contributed by atoms with van der Waals surface area (Å²) in [5, 5.41) is 2.99. The minimum absolute atomic E-state index is 0.0994. The van der Waals surface area contributed by atoms with E-state index in [9.17, 15) is 18.4 Å². The molecule has 3 atom stereocenters. The molecule has 1 aromatic carbocycles. The maximum Gasteiger partial charge on any atom is 0.416 e.